The summed E-state index contributed by atoms with van der Waals surface area (Å²) in [6, 6.07) is 9.18. The van der Waals surface area contributed by atoms with Crippen molar-refractivity contribution in [2.75, 3.05) is 27.5 Å². The van der Waals surface area contributed by atoms with Gasteiger partial charge in [-0.15, -0.1) is 10.2 Å². The Hall–Kier alpha value is -1.65. The zero-order chi connectivity index (χ0) is 19.4. The van der Waals surface area contributed by atoms with Gasteiger partial charge in [0.1, 0.15) is 0 Å². The lowest BCUT2D eigenvalue weighted by atomic mass is 10.2. The minimum Gasteiger partial charge on any atom is -0.358 e. The van der Waals surface area contributed by atoms with Crippen molar-refractivity contribution >= 4 is 49.7 Å². The first kappa shape index (κ1) is 20.1. The van der Waals surface area contributed by atoms with E-state index >= 15 is 0 Å². The number of hydrogen-bond donors (Lipinski definition) is 1. The summed E-state index contributed by atoms with van der Waals surface area (Å²) < 4.78 is 24.5. The van der Waals surface area contributed by atoms with E-state index in [0.29, 0.717) is 10.8 Å². The van der Waals surface area contributed by atoms with E-state index in [-0.39, 0.29) is 35.2 Å². The molecule has 0 aliphatic carbocycles. The summed E-state index contributed by atoms with van der Waals surface area (Å²) >= 11 is 2.73. The van der Waals surface area contributed by atoms with Crippen LogP contribution in [0.5, 0.6) is 0 Å². The van der Waals surface area contributed by atoms with Crippen LogP contribution in [0.15, 0.2) is 34.7 Å². The lowest BCUT2D eigenvalue weighted by Crippen LogP contribution is -2.42. The van der Waals surface area contributed by atoms with Gasteiger partial charge in [0.15, 0.2) is 14.2 Å². The topological polar surface area (TPSA) is 92.3 Å². The Bertz CT molecular complexity index is 884. The highest BCUT2D eigenvalue weighted by Crippen LogP contribution is 2.29. The number of rotatable bonds is 7. The molecule has 3 rings (SSSR count). The summed E-state index contributed by atoms with van der Waals surface area (Å²) in [5.41, 5.74) is 0.727. The van der Waals surface area contributed by atoms with Gasteiger partial charge in [-0.25, -0.2) is 8.42 Å². The molecule has 1 fully saturated rings. The first-order chi connectivity index (χ1) is 12.8. The molecule has 27 heavy (non-hydrogen) atoms. The molecule has 7 nitrogen and oxygen atoms in total. The van der Waals surface area contributed by atoms with Crippen molar-refractivity contribution in [3.05, 3.63) is 30.3 Å². The van der Waals surface area contributed by atoms with Gasteiger partial charge < -0.3 is 10.2 Å². The maximum atomic E-state index is 13.0. The lowest BCUT2D eigenvalue weighted by molar-refractivity contribution is -0.116. The Morgan fingerprint density at radius 3 is 2.70 bits per heavy atom. The molecule has 0 saturated carbocycles. The van der Waals surface area contributed by atoms with Crippen molar-refractivity contribution in [3.63, 3.8) is 0 Å². The first-order valence-corrected chi connectivity index (χ1v) is 12.3. The van der Waals surface area contributed by atoms with Crippen molar-refractivity contribution in [2.45, 2.75) is 36.7 Å². The number of amides is 1. The summed E-state index contributed by atoms with van der Waals surface area (Å²) in [5.74, 6) is 0.200. The molecule has 0 spiro atoms. The Balaban J connectivity index is 1.71. The second-order valence-corrected chi connectivity index (χ2v) is 11.0. The third-order valence-electron chi connectivity index (χ3n) is 4.01. The van der Waals surface area contributed by atoms with Crippen LogP contribution in [0.3, 0.4) is 0 Å². The van der Waals surface area contributed by atoms with E-state index in [1.54, 1.807) is 4.90 Å². The van der Waals surface area contributed by atoms with Crippen LogP contribution >= 0.6 is 23.1 Å². The Morgan fingerprint density at radius 1 is 1.33 bits per heavy atom. The molecule has 1 amide bonds. The maximum Gasteiger partial charge on any atom is 0.237 e. The van der Waals surface area contributed by atoms with E-state index in [1.165, 1.54) is 23.1 Å². The van der Waals surface area contributed by atoms with Gasteiger partial charge in [0, 0.05) is 11.7 Å². The molecule has 2 heterocycles. The van der Waals surface area contributed by atoms with Gasteiger partial charge in [-0.3, -0.25) is 4.79 Å². The van der Waals surface area contributed by atoms with E-state index in [4.69, 9.17) is 0 Å². The van der Waals surface area contributed by atoms with E-state index in [1.807, 2.05) is 44.2 Å². The summed E-state index contributed by atoms with van der Waals surface area (Å²) in [7, 11) is -3.09. The molecule has 0 unspecified atom stereocenters. The fourth-order valence-corrected chi connectivity index (χ4v) is 6.35. The van der Waals surface area contributed by atoms with E-state index in [2.05, 4.69) is 15.5 Å². The van der Waals surface area contributed by atoms with Crippen molar-refractivity contribution in [1.29, 1.82) is 0 Å². The van der Waals surface area contributed by atoms with Crippen LogP contribution in [0.4, 0.5) is 10.8 Å². The van der Waals surface area contributed by atoms with Crippen molar-refractivity contribution in [2.24, 2.45) is 0 Å². The van der Waals surface area contributed by atoms with Gasteiger partial charge in [0.05, 0.1) is 23.3 Å². The Kier molecular flexibility index (Phi) is 6.38. The number of para-hydroxylation sites is 1. The molecular weight excluding hydrogens is 404 g/mol. The molecule has 1 aliphatic heterocycles. The van der Waals surface area contributed by atoms with E-state index in [9.17, 15) is 13.2 Å². The van der Waals surface area contributed by atoms with Gasteiger partial charge in [0.25, 0.3) is 0 Å². The van der Waals surface area contributed by atoms with Crippen molar-refractivity contribution < 1.29 is 13.2 Å². The van der Waals surface area contributed by atoms with E-state index < -0.39 is 9.84 Å². The number of carbonyl (C=O) groups is 1. The van der Waals surface area contributed by atoms with Crippen LogP contribution in [0.2, 0.25) is 0 Å². The van der Waals surface area contributed by atoms with Gasteiger partial charge in [-0.1, -0.05) is 41.3 Å². The zero-order valence-electron chi connectivity index (χ0n) is 15.2. The fraction of sp³-hybridized carbons (Fsp3) is 0.471. The molecule has 10 heteroatoms. The second-order valence-electron chi connectivity index (χ2n) is 6.62. The van der Waals surface area contributed by atoms with Crippen LogP contribution in [-0.2, 0) is 14.6 Å². The summed E-state index contributed by atoms with van der Waals surface area (Å²) in [6.45, 7) is 4.04. The second kappa shape index (κ2) is 8.57. The smallest absolute Gasteiger partial charge is 0.237 e. The number of sulfone groups is 1. The van der Waals surface area contributed by atoms with E-state index in [0.717, 1.165) is 10.8 Å². The normalized spacial score (nSPS) is 18.6. The summed E-state index contributed by atoms with van der Waals surface area (Å²) in [5, 5.41) is 12.1. The molecule has 2 aromatic rings. The van der Waals surface area contributed by atoms with Gasteiger partial charge >= 0.3 is 0 Å². The quantitative estimate of drug-likeness (QED) is 0.681. The number of aromatic nitrogens is 2. The molecule has 0 radical (unpaired) electrons. The monoisotopic (exact) mass is 426 g/mol. The predicted octanol–water partition coefficient (Wildman–Crippen LogP) is 2.67. The van der Waals surface area contributed by atoms with Crippen LogP contribution in [-0.4, -0.2) is 53.9 Å². The summed E-state index contributed by atoms with van der Waals surface area (Å²) in [4.78, 5) is 14.6. The van der Waals surface area contributed by atoms with Crippen LogP contribution in [0.1, 0.15) is 20.3 Å². The first-order valence-electron chi connectivity index (χ1n) is 8.64. The Labute approximate surface area is 167 Å². The zero-order valence-corrected chi connectivity index (χ0v) is 17.6. The van der Waals surface area contributed by atoms with Gasteiger partial charge in [-0.05, 0) is 32.4 Å². The number of hydrogen-bond acceptors (Lipinski definition) is 8. The SMILES string of the molecule is CC(C)Nc1nnc(SCC(=O)N(c2ccccc2)[C@H]2CCS(=O)(=O)C2)s1. The van der Waals surface area contributed by atoms with Gasteiger partial charge in [0.2, 0.25) is 11.0 Å². The third kappa shape index (κ3) is 5.43. The number of carbonyl (C=O) groups excluding carboxylic acids is 1. The minimum absolute atomic E-state index is 0.0135. The highest BCUT2D eigenvalue weighted by Gasteiger charge is 2.35. The average molecular weight is 427 g/mol. The summed E-state index contributed by atoms with van der Waals surface area (Å²) in [6.07, 6.45) is 0.467. The molecule has 1 aromatic carbocycles. The van der Waals surface area contributed by atoms with Crippen LogP contribution in [0.25, 0.3) is 0 Å². The fourth-order valence-electron chi connectivity index (χ4n) is 2.89. The molecule has 1 saturated heterocycles. The van der Waals surface area contributed by atoms with Crippen LogP contribution in [0, 0.1) is 0 Å². The number of anilines is 2. The molecule has 1 atom stereocenters. The third-order valence-corrected chi connectivity index (χ3v) is 7.74. The number of nitrogens with one attached hydrogen (secondary N) is 1. The predicted molar refractivity (Wildman–Crippen MR) is 110 cm³/mol. The maximum absolute atomic E-state index is 13.0. The Morgan fingerprint density at radius 2 is 2.07 bits per heavy atom. The minimum atomic E-state index is -3.09. The van der Waals surface area contributed by atoms with Crippen molar-refractivity contribution in [3.8, 4) is 0 Å². The highest BCUT2D eigenvalue weighted by molar-refractivity contribution is 8.01. The molecule has 1 aromatic heterocycles. The largest absolute Gasteiger partial charge is 0.358 e. The molecule has 146 valence electrons. The molecular formula is C17H22N4O3S3. The molecule has 0 bridgehead atoms. The van der Waals surface area contributed by atoms with Crippen LogP contribution < -0.4 is 10.2 Å². The lowest BCUT2D eigenvalue weighted by Gasteiger charge is -2.28. The number of benzene rings is 1. The number of nitrogens with zero attached hydrogens (tertiary/aromatic N) is 3. The standard InChI is InChI=1S/C17H22N4O3S3/c1-12(2)18-16-19-20-17(26-16)25-10-15(22)21(13-6-4-3-5-7-13)14-8-9-27(23,24)11-14/h3-7,12,14H,8-11H2,1-2H3,(H,18,19)/t14-/m0/s1. The molecule has 1 N–H and O–H groups in total. The highest BCUT2D eigenvalue weighted by atomic mass is 32.2. The number of thioether (sulfide) groups is 1. The van der Waals surface area contributed by atoms with Gasteiger partial charge in [-0.2, -0.15) is 0 Å². The van der Waals surface area contributed by atoms with Crippen molar-refractivity contribution in [1.82, 2.24) is 10.2 Å². The molecule has 1 aliphatic rings. The average Bonchev–Trinajstić information content (AvgIpc) is 3.20.